The maximum Gasteiger partial charge on any atom is 0.410 e. The fourth-order valence-corrected chi connectivity index (χ4v) is 3.12. The average molecular weight is 354 g/mol. The summed E-state index contributed by atoms with van der Waals surface area (Å²) < 4.78 is 5.33. The first kappa shape index (κ1) is 16.0. The fraction of sp³-hybridized carbons (Fsp3) is 0.500. The highest BCUT2D eigenvalue weighted by atomic mass is 79.9. The van der Waals surface area contributed by atoms with Gasteiger partial charge in [-0.15, -0.1) is 0 Å². The standard InChI is InChI=1S/C16H20BrNO3/c1-2-13-9-18(10-14(13)15(19)8-17)16(20)21-11-12-6-4-3-5-7-12/h3-7,13-14H,2,8-11H2,1H3/t13-,14-/m1/s1. The van der Waals surface area contributed by atoms with Crippen LogP contribution in [0.1, 0.15) is 18.9 Å². The number of ether oxygens (including phenoxy) is 1. The number of rotatable bonds is 5. The first-order chi connectivity index (χ1) is 10.2. The number of benzene rings is 1. The van der Waals surface area contributed by atoms with Gasteiger partial charge in [0.2, 0.25) is 0 Å². The Morgan fingerprint density at radius 2 is 2.00 bits per heavy atom. The number of ketones is 1. The third kappa shape index (κ3) is 4.06. The number of carbonyl (C=O) groups excluding carboxylic acids is 2. The zero-order valence-corrected chi connectivity index (χ0v) is 13.7. The van der Waals surface area contributed by atoms with Gasteiger partial charge in [-0.25, -0.2) is 4.79 Å². The zero-order chi connectivity index (χ0) is 15.2. The van der Waals surface area contributed by atoms with Crippen molar-refractivity contribution in [3.05, 3.63) is 35.9 Å². The monoisotopic (exact) mass is 353 g/mol. The lowest BCUT2D eigenvalue weighted by molar-refractivity contribution is -0.120. The van der Waals surface area contributed by atoms with Gasteiger partial charge in [-0.05, 0) is 11.5 Å². The molecule has 1 heterocycles. The van der Waals surface area contributed by atoms with Crippen molar-refractivity contribution in [3.8, 4) is 0 Å². The third-order valence-electron chi connectivity index (χ3n) is 3.97. The highest BCUT2D eigenvalue weighted by Crippen LogP contribution is 2.28. The normalized spacial score (nSPS) is 21.3. The summed E-state index contributed by atoms with van der Waals surface area (Å²) in [7, 11) is 0. The molecule has 1 aromatic rings. The second kappa shape index (κ2) is 7.59. The molecule has 2 rings (SSSR count). The van der Waals surface area contributed by atoms with Crippen LogP contribution in [-0.2, 0) is 16.1 Å². The zero-order valence-electron chi connectivity index (χ0n) is 12.1. The molecule has 0 saturated carbocycles. The Labute approximate surface area is 133 Å². The van der Waals surface area contributed by atoms with Crippen LogP contribution < -0.4 is 0 Å². The molecule has 0 spiro atoms. The van der Waals surface area contributed by atoms with E-state index in [4.69, 9.17) is 4.74 Å². The van der Waals surface area contributed by atoms with Gasteiger partial charge in [0.1, 0.15) is 12.4 Å². The number of halogens is 1. The van der Waals surface area contributed by atoms with E-state index in [0.29, 0.717) is 18.4 Å². The SMILES string of the molecule is CC[C@@H]1CN(C(=O)OCc2ccccc2)C[C@H]1C(=O)CBr. The summed E-state index contributed by atoms with van der Waals surface area (Å²) in [6.07, 6.45) is 0.563. The molecule has 1 amide bonds. The Balaban J connectivity index is 1.90. The molecule has 1 aromatic carbocycles. The quantitative estimate of drug-likeness (QED) is 0.763. The van der Waals surface area contributed by atoms with Gasteiger partial charge in [0.25, 0.3) is 0 Å². The van der Waals surface area contributed by atoms with Crippen molar-refractivity contribution in [1.82, 2.24) is 4.90 Å². The van der Waals surface area contributed by atoms with Crippen molar-refractivity contribution in [3.63, 3.8) is 0 Å². The molecule has 0 radical (unpaired) electrons. The number of nitrogens with zero attached hydrogens (tertiary/aromatic N) is 1. The highest BCUT2D eigenvalue weighted by molar-refractivity contribution is 9.09. The highest BCUT2D eigenvalue weighted by Gasteiger charge is 2.38. The van der Waals surface area contributed by atoms with Crippen LogP contribution in [0.15, 0.2) is 30.3 Å². The molecule has 0 aliphatic carbocycles. The second-order valence-corrected chi connectivity index (χ2v) is 5.88. The molecular formula is C16H20BrNO3. The summed E-state index contributed by atoms with van der Waals surface area (Å²) in [5, 5.41) is 0.348. The van der Waals surface area contributed by atoms with Gasteiger partial charge >= 0.3 is 6.09 Å². The Kier molecular flexibility index (Phi) is 5.79. The van der Waals surface area contributed by atoms with Gasteiger partial charge in [0.05, 0.1) is 5.33 Å². The van der Waals surface area contributed by atoms with E-state index in [2.05, 4.69) is 22.9 Å². The molecule has 21 heavy (non-hydrogen) atoms. The predicted molar refractivity (Wildman–Crippen MR) is 84.3 cm³/mol. The van der Waals surface area contributed by atoms with E-state index < -0.39 is 0 Å². The summed E-state index contributed by atoms with van der Waals surface area (Å²) in [5.41, 5.74) is 0.963. The van der Waals surface area contributed by atoms with E-state index in [0.717, 1.165) is 12.0 Å². The largest absolute Gasteiger partial charge is 0.445 e. The minimum atomic E-state index is -0.331. The molecular weight excluding hydrogens is 334 g/mol. The molecule has 0 bridgehead atoms. The molecule has 4 nitrogen and oxygen atoms in total. The van der Waals surface area contributed by atoms with E-state index in [1.807, 2.05) is 30.3 Å². The van der Waals surface area contributed by atoms with Crippen LogP contribution in [0.5, 0.6) is 0 Å². The molecule has 2 atom stereocenters. The molecule has 0 unspecified atom stereocenters. The number of carbonyl (C=O) groups is 2. The summed E-state index contributed by atoms with van der Waals surface area (Å²) in [6, 6.07) is 9.59. The summed E-state index contributed by atoms with van der Waals surface area (Å²) in [6.45, 7) is 3.39. The van der Waals surface area contributed by atoms with Crippen molar-refractivity contribution in [1.29, 1.82) is 0 Å². The van der Waals surface area contributed by atoms with Gasteiger partial charge in [-0.1, -0.05) is 59.6 Å². The molecule has 5 heteroatoms. The molecule has 114 valence electrons. The Bertz CT molecular complexity index is 492. The Hall–Kier alpha value is -1.36. The number of hydrogen-bond acceptors (Lipinski definition) is 3. The van der Waals surface area contributed by atoms with E-state index >= 15 is 0 Å². The lowest BCUT2D eigenvalue weighted by Gasteiger charge is -2.16. The fourth-order valence-electron chi connectivity index (χ4n) is 2.71. The van der Waals surface area contributed by atoms with Crippen molar-refractivity contribution in [2.45, 2.75) is 20.0 Å². The van der Waals surface area contributed by atoms with Gasteiger partial charge < -0.3 is 9.64 Å². The number of likely N-dealkylation sites (tertiary alicyclic amines) is 1. The molecule has 1 aliphatic rings. The first-order valence-electron chi connectivity index (χ1n) is 7.20. The van der Waals surface area contributed by atoms with Crippen molar-refractivity contribution in [2.75, 3.05) is 18.4 Å². The Morgan fingerprint density at radius 3 is 2.62 bits per heavy atom. The van der Waals surface area contributed by atoms with Gasteiger partial charge in [0.15, 0.2) is 0 Å². The van der Waals surface area contributed by atoms with Crippen LogP contribution in [-0.4, -0.2) is 35.2 Å². The lowest BCUT2D eigenvalue weighted by atomic mass is 9.91. The van der Waals surface area contributed by atoms with Crippen LogP contribution in [0.25, 0.3) is 0 Å². The number of Topliss-reactive ketones (excluding diaryl/α,β-unsaturated/α-hetero) is 1. The van der Waals surface area contributed by atoms with Crippen molar-refractivity contribution in [2.24, 2.45) is 11.8 Å². The number of amides is 1. The predicted octanol–water partition coefficient (Wildman–Crippen LogP) is 3.25. The van der Waals surface area contributed by atoms with Crippen LogP contribution in [0.3, 0.4) is 0 Å². The molecule has 0 N–H and O–H groups in total. The van der Waals surface area contributed by atoms with Gasteiger partial charge in [0, 0.05) is 19.0 Å². The van der Waals surface area contributed by atoms with Crippen LogP contribution in [0.4, 0.5) is 4.79 Å². The molecule has 1 saturated heterocycles. The third-order valence-corrected chi connectivity index (χ3v) is 4.53. The topological polar surface area (TPSA) is 46.6 Å². The number of hydrogen-bond donors (Lipinski definition) is 0. The lowest BCUT2D eigenvalue weighted by Crippen LogP contribution is -2.30. The molecule has 1 aliphatic heterocycles. The van der Waals surface area contributed by atoms with Crippen LogP contribution in [0.2, 0.25) is 0 Å². The van der Waals surface area contributed by atoms with E-state index in [1.54, 1.807) is 4.90 Å². The van der Waals surface area contributed by atoms with Crippen LogP contribution >= 0.6 is 15.9 Å². The van der Waals surface area contributed by atoms with E-state index in [9.17, 15) is 9.59 Å². The summed E-state index contributed by atoms with van der Waals surface area (Å²) >= 11 is 3.22. The Morgan fingerprint density at radius 1 is 1.29 bits per heavy atom. The smallest absolute Gasteiger partial charge is 0.410 e. The van der Waals surface area contributed by atoms with Crippen LogP contribution in [0, 0.1) is 11.8 Å². The van der Waals surface area contributed by atoms with E-state index in [-0.39, 0.29) is 30.3 Å². The van der Waals surface area contributed by atoms with Gasteiger partial charge in [-0.2, -0.15) is 0 Å². The maximum absolute atomic E-state index is 12.1. The average Bonchev–Trinajstić information content (AvgIpc) is 2.97. The number of alkyl halides is 1. The maximum atomic E-state index is 12.1. The minimum Gasteiger partial charge on any atom is -0.445 e. The molecule has 1 fully saturated rings. The van der Waals surface area contributed by atoms with Crippen molar-refractivity contribution < 1.29 is 14.3 Å². The van der Waals surface area contributed by atoms with Crippen molar-refractivity contribution >= 4 is 27.8 Å². The first-order valence-corrected chi connectivity index (χ1v) is 8.32. The molecule has 0 aromatic heterocycles. The second-order valence-electron chi connectivity index (χ2n) is 5.32. The van der Waals surface area contributed by atoms with E-state index in [1.165, 1.54) is 0 Å². The summed E-state index contributed by atoms with van der Waals surface area (Å²) in [5.74, 6) is 0.332. The summed E-state index contributed by atoms with van der Waals surface area (Å²) in [4.78, 5) is 25.7. The van der Waals surface area contributed by atoms with Gasteiger partial charge in [-0.3, -0.25) is 4.79 Å². The minimum absolute atomic E-state index is 0.0707.